The third-order valence-corrected chi connectivity index (χ3v) is 3.57. The van der Waals surface area contributed by atoms with Crippen LogP contribution in [0.15, 0.2) is 0 Å². The third-order valence-electron chi connectivity index (χ3n) is 3.57. The zero-order chi connectivity index (χ0) is 10.2. The molecule has 1 saturated heterocycles. The number of carboxylic acid groups (broad SMARTS) is 1. The number of aliphatic carboxylic acids is 1. The van der Waals surface area contributed by atoms with Gasteiger partial charge in [0.15, 0.2) is 0 Å². The highest BCUT2D eigenvalue weighted by Crippen LogP contribution is 2.46. The van der Waals surface area contributed by atoms with E-state index < -0.39 is 5.97 Å². The molecule has 2 aliphatic rings. The number of nitrogens with zero attached hydrogens (tertiary/aromatic N) is 1. The molecule has 1 aliphatic carbocycles. The average molecular weight is 197 g/mol. The van der Waals surface area contributed by atoms with Gasteiger partial charge < -0.3 is 10.0 Å². The maximum absolute atomic E-state index is 11.0. The number of carbonyl (C=O) groups is 1. The van der Waals surface area contributed by atoms with Gasteiger partial charge in [0, 0.05) is 13.1 Å². The van der Waals surface area contributed by atoms with Crippen molar-refractivity contribution in [2.45, 2.75) is 32.6 Å². The van der Waals surface area contributed by atoms with Crippen molar-refractivity contribution in [2.24, 2.45) is 11.3 Å². The van der Waals surface area contributed by atoms with Crippen LogP contribution in [-0.4, -0.2) is 35.6 Å². The second-order valence-corrected chi connectivity index (χ2v) is 5.07. The van der Waals surface area contributed by atoms with E-state index in [0.29, 0.717) is 0 Å². The summed E-state index contributed by atoms with van der Waals surface area (Å²) in [6.07, 6.45) is 4.30. The summed E-state index contributed by atoms with van der Waals surface area (Å²) in [7, 11) is 0. The summed E-state index contributed by atoms with van der Waals surface area (Å²) >= 11 is 0. The van der Waals surface area contributed by atoms with Crippen LogP contribution >= 0.6 is 0 Å². The molecule has 0 aromatic heterocycles. The van der Waals surface area contributed by atoms with Gasteiger partial charge in [-0.1, -0.05) is 6.92 Å². The van der Waals surface area contributed by atoms with Gasteiger partial charge >= 0.3 is 5.97 Å². The van der Waals surface area contributed by atoms with Gasteiger partial charge in [-0.25, -0.2) is 0 Å². The van der Waals surface area contributed by atoms with E-state index in [-0.39, 0.29) is 5.41 Å². The lowest BCUT2D eigenvalue weighted by molar-refractivity contribution is -0.144. The van der Waals surface area contributed by atoms with Crippen molar-refractivity contribution in [3.8, 4) is 0 Å². The molecule has 1 heterocycles. The van der Waals surface area contributed by atoms with E-state index in [0.717, 1.165) is 38.4 Å². The van der Waals surface area contributed by atoms with Crippen LogP contribution in [0.3, 0.4) is 0 Å². The van der Waals surface area contributed by atoms with Crippen molar-refractivity contribution in [1.82, 2.24) is 4.90 Å². The van der Waals surface area contributed by atoms with Crippen LogP contribution in [0.5, 0.6) is 0 Å². The Kier molecular flexibility index (Phi) is 2.52. The monoisotopic (exact) mass is 197 g/mol. The van der Waals surface area contributed by atoms with Crippen LogP contribution in [0.4, 0.5) is 0 Å². The molecule has 14 heavy (non-hydrogen) atoms. The van der Waals surface area contributed by atoms with Crippen molar-refractivity contribution in [2.75, 3.05) is 19.6 Å². The largest absolute Gasteiger partial charge is 0.481 e. The second kappa shape index (κ2) is 3.54. The normalized spacial score (nSPS) is 31.4. The molecule has 0 aromatic rings. The zero-order valence-corrected chi connectivity index (χ0v) is 8.83. The van der Waals surface area contributed by atoms with Crippen molar-refractivity contribution in [3.05, 3.63) is 0 Å². The quantitative estimate of drug-likeness (QED) is 0.746. The van der Waals surface area contributed by atoms with E-state index >= 15 is 0 Å². The summed E-state index contributed by atoms with van der Waals surface area (Å²) in [6.45, 7) is 5.23. The van der Waals surface area contributed by atoms with Crippen molar-refractivity contribution in [3.63, 3.8) is 0 Å². The van der Waals surface area contributed by atoms with Gasteiger partial charge in [0.25, 0.3) is 0 Å². The minimum atomic E-state index is -0.587. The molecular formula is C11H19NO2. The molecule has 0 radical (unpaired) electrons. The number of piperidine rings is 1. The van der Waals surface area contributed by atoms with Crippen LogP contribution < -0.4 is 0 Å². The van der Waals surface area contributed by atoms with Gasteiger partial charge in [-0.2, -0.15) is 0 Å². The summed E-state index contributed by atoms with van der Waals surface area (Å²) in [5.74, 6) is 0.157. The summed E-state index contributed by atoms with van der Waals surface area (Å²) in [4.78, 5) is 13.4. The molecule has 2 fully saturated rings. The minimum Gasteiger partial charge on any atom is -0.481 e. The fraction of sp³-hybridized carbons (Fsp3) is 0.909. The smallest absolute Gasteiger partial charge is 0.310 e. The Balaban J connectivity index is 1.88. The Bertz CT molecular complexity index is 235. The van der Waals surface area contributed by atoms with Crippen molar-refractivity contribution >= 4 is 5.97 Å². The standard InChI is InChI=1S/C11H19NO2/c1-9-3-2-6-12(7-9)8-11(4-5-11)10(13)14/h9H,2-8H2,1H3,(H,13,14). The van der Waals surface area contributed by atoms with Crippen molar-refractivity contribution < 1.29 is 9.90 Å². The first kappa shape index (κ1) is 9.97. The fourth-order valence-corrected chi connectivity index (χ4v) is 2.45. The minimum absolute atomic E-state index is 0.364. The second-order valence-electron chi connectivity index (χ2n) is 5.07. The molecule has 1 N–H and O–H groups in total. The Morgan fingerprint density at radius 1 is 1.57 bits per heavy atom. The number of carboxylic acids is 1. The van der Waals surface area contributed by atoms with Crippen LogP contribution in [0.1, 0.15) is 32.6 Å². The molecule has 2 rings (SSSR count). The van der Waals surface area contributed by atoms with Crippen LogP contribution in [-0.2, 0) is 4.79 Å². The van der Waals surface area contributed by atoms with E-state index in [4.69, 9.17) is 5.11 Å². The Hall–Kier alpha value is -0.570. The van der Waals surface area contributed by atoms with Gasteiger partial charge in [-0.3, -0.25) is 4.79 Å². The van der Waals surface area contributed by atoms with Gasteiger partial charge in [0.05, 0.1) is 5.41 Å². The van der Waals surface area contributed by atoms with E-state index in [9.17, 15) is 4.79 Å². The molecule has 1 saturated carbocycles. The predicted molar refractivity (Wildman–Crippen MR) is 54.1 cm³/mol. The Labute approximate surface area is 85.1 Å². The lowest BCUT2D eigenvalue weighted by Gasteiger charge is -2.32. The van der Waals surface area contributed by atoms with Crippen LogP contribution in [0.2, 0.25) is 0 Å². The fourth-order valence-electron chi connectivity index (χ4n) is 2.45. The van der Waals surface area contributed by atoms with Gasteiger partial charge in [0.2, 0.25) is 0 Å². The number of hydrogen-bond donors (Lipinski definition) is 1. The summed E-state index contributed by atoms with van der Waals surface area (Å²) in [5.41, 5.74) is -0.364. The lowest BCUT2D eigenvalue weighted by Crippen LogP contribution is -2.40. The van der Waals surface area contributed by atoms with E-state index in [1.807, 2.05) is 0 Å². The number of hydrogen-bond acceptors (Lipinski definition) is 2. The number of rotatable bonds is 3. The van der Waals surface area contributed by atoms with E-state index in [1.54, 1.807) is 0 Å². The van der Waals surface area contributed by atoms with E-state index in [2.05, 4.69) is 11.8 Å². The maximum atomic E-state index is 11.0. The van der Waals surface area contributed by atoms with Gasteiger partial charge in [0.1, 0.15) is 0 Å². The molecule has 1 unspecified atom stereocenters. The molecule has 80 valence electrons. The zero-order valence-electron chi connectivity index (χ0n) is 8.83. The Morgan fingerprint density at radius 2 is 2.29 bits per heavy atom. The predicted octanol–water partition coefficient (Wildman–Crippen LogP) is 1.58. The van der Waals surface area contributed by atoms with Crippen LogP contribution in [0.25, 0.3) is 0 Å². The summed E-state index contributed by atoms with van der Waals surface area (Å²) in [6, 6.07) is 0. The topological polar surface area (TPSA) is 40.5 Å². The molecule has 1 aliphatic heterocycles. The first-order valence-electron chi connectivity index (χ1n) is 5.58. The van der Waals surface area contributed by atoms with Gasteiger partial charge in [-0.05, 0) is 38.1 Å². The molecule has 3 heteroatoms. The first-order chi connectivity index (χ1) is 6.62. The highest BCUT2D eigenvalue weighted by molar-refractivity contribution is 5.78. The molecule has 0 bridgehead atoms. The molecule has 1 atom stereocenters. The highest BCUT2D eigenvalue weighted by atomic mass is 16.4. The molecule has 0 spiro atoms. The molecular weight excluding hydrogens is 178 g/mol. The third kappa shape index (κ3) is 1.92. The molecule has 3 nitrogen and oxygen atoms in total. The van der Waals surface area contributed by atoms with Crippen LogP contribution in [0, 0.1) is 11.3 Å². The summed E-state index contributed by atoms with van der Waals surface area (Å²) in [5, 5.41) is 9.07. The average Bonchev–Trinajstić information content (AvgIpc) is 2.85. The first-order valence-corrected chi connectivity index (χ1v) is 5.58. The van der Waals surface area contributed by atoms with E-state index in [1.165, 1.54) is 12.8 Å². The Morgan fingerprint density at radius 3 is 2.79 bits per heavy atom. The lowest BCUT2D eigenvalue weighted by atomic mass is 9.98. The summed E-state index contributed by atoms with van der Waals surface area (Å²) < 4.78 is 0. The maximum Gasteiger partial charge on any atom is 0.310 e. The molecule has 0 amide bonds. The van der Waals surface area contributed by atoms with Gasteiger partial charge in [-0.15, -0.1) is 0 Å². The molecule has 0 aromatic carbocycles. The number of likely N-dealkylation sites (tertiary alicyclic amines) is 1. The SMILES string of the molecule is CC1CCCN(CC2(C(=O)O)CC2)C1. The highest BCUT2D eigenvalue weighted by Gasteiger charge is 2.51. The van der Waals surface area contributed by atoms with Crippen molar-refractivity contribution in [1.29, 1.82) is 0 Å².